The third kappa shape index (κ3) is 4.89. The number of benzene rings is 3. The molecular weight excluding hydrogens is 404 g/mol. The summed E-state index contributed by atoms with van der Waals surface area (Å²) in [6, 6.07) is 18.0. The van der Waals surface area contributed by atoms with Gasteiger partial charge in [-0.25, -0.2) is 0 Å². The van der Waals surface area contributed by atoms with Crippen LogP contribution in [0.1, 0.15) is 19.4 Å². The molecule has 2 N–H and O–H groups in total. The van der Waals surface area contributed by atoms with Crippen LogP contribution in [-0.4, -0.2) is 18.1 Å². The van der Waals surface area contributed by atoms with Crippen molar-refractivity contribution in [1.82, 2.24) is 0 Å². The van der Waals surface area contributed by atoms with Gasteiger partial charge in [0.05, 0.1) is 12.1 Å². The van der Waals surface area contributed by atoms with Crippen molar-refractivity contribution in [2.75, 3.05) is 16.9 Å². The van der Waals surface area contributed by atoms with Crippen LogP contribution in [0.15, 0.2) is 78.2 Å². The smallest absolute Gasteiger partial charge is 0.256 e. The molecule has 1 aliphatic rings. The summed E-state index contributed by atoms with van der Waals surface area (Å²) in [6.07, 6.45) is 3.88. The molecule has 0 saturated heterocycles. The SMILES string of the molecule is C=C/C(=C\SC)C(=O)Nc1ccc2cc(-c3cccc4c3NC(=O)C4)ccc2c1.CC. The van der Waals surface area contributed by atoms with Crippen LogP contribution in [0.4, 0.5) is 11.4 Å². The normalized spacial score (nSPS) is 12.5. The molecule has 2 amide bonds. The van der Waals surface area contributed by atoms with E-state index in [0.29, 0.717) is 12.0 Å². The van der Waals surface area contributed by atoms with Crippen LogP contribution in [0.3, 0.4) is 0 Å². The third-order valence-corrected chi connectivity index (χ3v) is 5.39. The molecule has 158 valence electrons. The van der Waals surface area contributed by atoms with E-state index in [1.807, 2.05) is 68.6 Å². The number of fused-ring (bicyclic) bond motifs is 2. The minimum Gasteiger partial charge on any atom is -0.325 e. The van der Waals surface area contributed by atoms with Gasteiger partial charge in [0.25, 0.3) is 5.91 Å². The van der Waals surface area contributed by atoms with Gasteiger partial charge in [0, 0.05) is 16.8 Å². The quantitative estimate of drug-likeness (QED) is 0.364. The van der Waals surface area contributed by atoms with E-state index in [0.717, 1.165) is 38.8 Å². The van der Waals surface area contributed by atoms with Gasteiger partial charge in [0.15, 0.2) is 0 Å². The van der Waals surface area contributed by atoms with Crippen molar-refractivity contribution < 1.29 is 9.59 Å². The first kappa shape index (κ1) is 22.4. The first-order valence-corrected chi connectivity index (χ1v) is 11.5. The second-order valence-corrected chi connectivity index (χ2v) is 7.52. The lowest BCUT2D eigenvalue weighted by molar-refractivity contribution is -0.115. The minimum absolute atomic E-state index is 0.0306. The number of thioether (sulfide) groups is 1. The van der Waals surface area contributed by atoms with Gasteiger partial charge in [-0.3, -0.25) is 9.59 Å². The van der Waals surface area contributed by atoms with E-state index in [9.17, 15) is 9.59 Å². The van der Waals surface area contributed by atoms with E-state index in [1.165, 1.54) is 11.8 Å². The Balaban J connectivity index is 0.00000132. The summed E-state index contributed by atoms with van der Waals surface area (Å²) in [5.41, 5.74) is 5.26. The van der Waals surface area contributed by atoms with E-state index in [2.05, 4.69) is 23.3 Å². The highest BCUT2D eigenvalue weighted by molar-refractivity contribution is 8.01. The molecule has 1 heterocycles. The van der Waals surface area contributed by atoms with E-state index in [-0.39, 0.29) is 11.8 Å². The van der Waals surface area contributed by atoms with Crippen LogP contribution < -0.4 is 10.6 Å². The van der Waals surface area contributed by atoms with Crippen LogP contribution >= 0.6 is 11.8 Å². The highest BCUT2D eigenvalue weighted by Crippen LogP contribution is 2.36. The van der Waals surface area contributed by atoms with Crippen LogP contribution in [0, 0.1) is 0 Å². The maximum atomic E-state index is 12.3. The molecule has 0 radical (unpaired) electrons. The Labute approximate surface area is 187 Å². The van der Waals surface area contributed by atoms with Gasteiger partial charge in [-0.05, 0) is 51.8 Å². The summed E-state index contributed by atoms with van der Waals surface area (Å²) in [4.78, 5) is 24.1. The molecule has 0 bridgehead atoms. The maximum Gasteiger partial charge on any atom is 0.256 e. The van der Waals surface area contributed by atoms with Gasteiger partial charge >= 0.3 is 0 Å². The van der Waals surface area contributed by atoms with Crippen molar-refractivity contribution in [2.45, 2.75) is 20.3 Å². The molecule has 5 heteroatoms. The molecule has 0 spiro atoms. The summed E-state index contributed by atoms with van der Waals surface area (Å²) in [5.74, 6) is -0.149. The zero-order chi connectivity index (χ0) is 22.4. The highest BCUT2D eigenvalue weighted by atomic mass is 32.2. The van der Waals surface area contributed by atoms with Gasteiger partial charge in [-0.1, -0.05) is 62.9 Å². The van der Waals surface area contributed by atoms with E-state index in [4.69, 9.17) is 0 Å². The fourth-order valence-electron chi connectivity index (χ4n) is 3.51. The van der Waals surface area contributed by atoms with Crippen molar-refractivity contribution in [1.29, 1.82) is 0 Å². The zero-order valence-electron chi connectivity index (χ0n) is 18.0. The fraction of sp³-hybridized carbons (Fsp3) is 0.154. The number of hydrogen-bond donors (Lipinski definition) is 2. The average molecular weight is 431 g/mol. The molecule has 3 aromatic carbocycles. The molecule has 0 aliphatic carbocycles. The molecule has 31 heavy (non-hydrogen) atoms. The number of anilines is 2. The third-order valence-electron chi connectivity index (χ3n) is 4.90. The van der Waals surface area contributed by atoms with E-state index >= 15 is 0 Å². The molecule has 0 saturated carbocycles. The lowest BCUT2D eigenvalue weighted by Crippen LogP contribution is -2.12. The molecule has 0 fully saturated rings. The number of carbonyl (C=O) groups is 2. The second kappa shape index (κ2) is 10.1. The fourth-order valence-corrected chi connectivity index (χ4v) is 3.96. The average Bonchev–Trinajstić information content (AvgIpc) is 3.18. The van der Waals surface area contributed by atoms with Crippen LogP contribution in [-0.2, 0) is 16.0 Å². The molecular formula is C26H26N2O2S. The summed E-state index contributed by atoms with van der Waals surface area (Å²) >= 11 is 1.46. The Hall–Kier alpha value is -3.31. The predicted molar refractivity (Wildman–Crippen MR) is 133 cm³/mol. The van der Waals surface area contributed by atoms with Crippen molar-refractivity contribution >= 4 is 45.7 Å². The number of carbonyl (C=O) groups excluding carboxylic acids is 2. The van der Waals surface area contributed by atoms with E-state index in [1.54, 1.807) is 11.5 Å². The summed E-state index contributed by atoms with van der Waals surface area (Å²) in [6.45, 7) is 7.69. The van der Waals surface area contributed by atoms with Crippen molar-refractivity contribution in [2.24, 2.45) is 0 Å². The second-order valence-electron chi connectivity index (χ2n) is 6.81. The van der Waals surface area contributed by atoms with Crippen LogP contribution in [0.5, 0.6) is 0 Å². The van der Waals surface area contributed by atoms with Gasteiger partial charge in [0.1, 0.15) is 0 Å². The number of nitrogens with one attached hydrogen (secondary N) is 2. The Bertz CT molecular complexity index is 1180. The van der Waals surface area contributed by atoms with Gasteiger partial charge in [-0.15, -0.1) is 11.8 Å². The standard InChI is InChI=1S/C24H20N2O2S.C2H6/c1-3-15(14-29-2)24(28)25-20-10-9-16-11-18(8-7-17(16)12-20)21-6-4-5-19-13-22(27)26-23(19)21;1-2/h3-12,14H,1,13H2,2H3,(H,25,28)(H,26,27);1-2H3/b15-14+;. The summed E-state index contributed by atoms with van der Waals surface area (Å²) in [7, 11) is 0. The topological polar surface area (TPSA) is 58.2 Å². The molecule has 3 aromatic rings. The number of hydrogen-bond acceptors (Lipinski definition) is 3. The first-order valence-electron chi connectivity index (χ1n) is 10.2. The molecule has 1 aliphatic heterocycles. The van der Waals surface area contributed by atoms with Crippen molar-refractivity contribution in [3.05, 3.63) is 83.8 Å². The van der Waals surface area contributed by atoms with Crippen molar-refractivity contribution in [3.63, 3.8) is 0 Å². The Morgan fingerprint density at radius 2 is 1.84 bits per heavy atom. The lowest BCUT2D eigenvalue weighted by Gasteiger charge is -2.11. The zero-order valence-corrected chi connectivity index (χ0v) is 18.8. The predicted octanol–water partition coefficient (Wildman–Crippen LogP) is 6.40. The Morgan fingerprint density at radius 1 is 1.10 bits per heavy atom. The molecule has 0 atom stereocenters. The molecule has 4 nitrogen and oxygen atoms in total. The highest BCUT2D eigenvalue weighted by Gasteiger charge is 2.20. The Kier molecular flexibility index (Phi) is 7.32. The molecule has 0 unspecified atom stereocenters. The van der Waals surface area contributed by atoms with Gasteiger partial charge < -0.3 is 10.6 Å². The Morgan fingerprint density at radius 3 is 2.58 bits per heavy atom. The monoisotopic (exact) mass is 430 g/mol. The summed E-state index contributed by atoms with van der Waals surface area (Å²) in [5, 5.41) is 9.74. The first-order chi connectivity index (χ1) is 15.1. The van der Waals surface area contributed by atoms with Gasteiger partial charge in [0.2, 0.25) is 5.91 Å². The van der Waals surface area contributed by atoms with E-state index < -0.39 is 0 Å². The number of rotatable bonds is 5. The largest absolute Gasteiger partial charge is 0.325 e. The molecule has 0 aromatic heterocycles. The number of amides is 2. The lowest BCUT2D eigenvalue weighted by atomic mass is 9.98. The molecule has 4 rings (SSSR count). The van der Waals surface area contributed by atoms with Crippen LogP contribution in [0.2, 0.25) is 0 Å². The van der Waals surface area contributed by atoms with Crippen molar-refractivity contribution in [3.8, 4) is 11.1 Å². The number of para-hydroxylation sites is 1. The van der Waals surface area contributed by atoms with Crippen LogP contribution in [0.25, 0.3) is 21.9 Å². The summed E-state index contributed by atoms with van der Waals surface area (Å²) < 4.78 is 0. The minimum atomic E-state index is -0.180. The maximum absolute atomic E-state index is 12.3. The van der Waals surface area contributed by atoms with Gasteiger partial charge in [-0.2, -0.15) is 0 Å².